The first-order valence-corrected chi connectivity index (χ1v) is 7.14. The van der Waals surface area contributed by atoms with E-state index in [1.165, 1.54) is 18.4 Å². The molecule has 6 nitrogen and oxygen atoms in total. The standard InChI is InChI=1S/C14H15N3O3S/c1-20-14(19)15-9-12(18)16-13-17(7-8-21-13)10-11-5-3-2-4-6-11/h2-8H,9-10H2,1H3,(H,15,19). The molecule has 0 unspecified atom stereocenters. The van der Waals surface area contributed by atoms with Crippen LogP contribution in [0.1, 0.15) is 5.56 Å². The molecule has 0 saturated carbocycles. The van der Waals surface area contributed by atoms with Crippen molar-refractivity contribution in [2.45, 2.75) is 6.54 Å². The van der Waals surface area contributed by atoms with Gasteiger partial charge in [-0.3, -0.25) is 4.79 Å². The Morgan fingerprint density at radius 3 is 2.81 bits per heavy atom. The first-order chi connectivity index (χ1) is 10.2. The zero-order valence-electron chi connectivity index (χ0n) is 11.5. The molecule has 1 aromatic carbocycles. The summed E-state index contributed by atoms with van der Waals surface area (Å²) in [5.41, 5.74) is 1.12. The van der Waals surface area contributed by atoms with Crippen LogP contribution >= 0.6 is 11.3 Å². The molecule has 0 aliphatic carbocycles. The van der Waals surface area contributed by atoms with Gasteiger partial charge in [-0.05, 0) is 5.56 Å². The van der Waals surface area contributed by atoms with Crippen molar-refractivity contribution in [3.05, 3.63) is 52.3 Å². The molecule has 2 amide bonds. The van der Waals surface area contributed by atoms with Crippen LogP contribution in [0.5, 0.6) is 0 Å². The van der Waals surface area contributed by atoms with Gasteiger partial charge in [0.25, 0.3) is 5.91 Å². The third-order valence-electron chi connectivity index (χ3n) is 2.65. The molecule has 21 heavy (non-hydrogen) atoms. The summed E-state index contributed by atoms with van der Waals surface area (Å²) in [7, 11) is 1.24. The van der Waals surface area contributed by atoms with Crippen LogP contribution in [0.3, 0.4) is 0 Å². The summed E-state index contributed by atoms with van der Waals surface area (Å²) in [6.45, 7) is 0.455. The zero-order valence-corrected chi connectivity index (χ0v) is 12.3. The minimum Gasteiger partial charge on any atom is -0.453 e. The van der Waals surface area contributed by atoms with Crippen LogP contribution in [0, 0.1) is 0 Å². The lowest BCUT2D eigenvalue weighted by Gasteiger charge is -2.03. The molecule has 2 aromatic rings. The van der Waals surface area contributed by atoms with Gasteiger partial charge in [0.05, 0.1) is 7.11 Å². The van der Waals surface area contributed by atoms with Crippen molar-refractivity contribution in [1.82, 2.24) is 9.88 Å². The number of thiazole rings is 1. The molecule has 0 aliphatic rings. The van der Waals surface area contributed by atoms with E-state index in [2.05, 4.69) is 15.0 Å². The fourth-order valence-corrected chi connectivity index (χ4v) is 2.40. The lowest BCUT2D eigenvalue weighted by molar-refractivity contribution is -0.117. The number of amides is 2. The Morgan fingerprint density at radius 1 is 1.33 bits per heavy atom. The molecule has 1 heterocycles. The minimum absolute atomic E-state index is 0.185. The number of hydrogen-bond acceptors (Lipinski definition) is 4. The monoisotopic (exact) mass is 305 g/mol. The Balaban J connectivity index is 2.07. The van der Waals surface area contributed by atoms with E-state index in [1.807, 2.05) is 46.5 Å². The van der Waals surface area contributed by atoms with Crippen LogP contribution in [0.25, 0.3) is 0 Å². The lowest BCUT2D eigenvalue weighted by atomic mass is 10.2. The van der Waals surface area contributed by atoms with Gasteiger partial charge < -0.3 is 14.6 Å². The van der Waals surface area contributed by atoms with Crippen molar-refractivity contribution in [3.63, 3.8) is 0 Å². The summed E-state index contributed by atoms with van der Waals surface area (Å²) in [5.74, 6) is -0.426. The number of aromatic nitrogens is 1. The summed E-state index contributed by atoms with van der Waals surface area (Å²) < 4.78 is 6.28. The molecule has 1 aromatic heterocycles. The molecular formula is C14H15N3O3S. The minimum atomic E-state index is -0.651. The molecule has 2 rings (SSSR count). The van der Waals surface area contributed by atoms with Crippen molar-refractivity contribution in [2.75, 3.05) is 13.7 Å². The predicted molar refractivity (Wildman–Crippen MR) is 78.8 cm³/mol. The number of hydrogen-bond donors (Lipinski definition) is 1. The summed E-state index contributed by atoms with van der Waals surface area (Å²) >= 11 is 1.37. The molecule has 0 fully saturated rings. The number of methoxy groups -OCH3 is 1. The molecule has 7 heteroatoms. The van der Waals surface area contributed by atoms with Gasteiger partial charge in [0, 0.05) is 18.1 Å². The number of benzene rings is 1. The van der Waals surface area contributed by atoms with Gasteiger partial charge in [-0.25, -0.2) is 4.79 Å². The smallest absolute Gasteiger partial charge is 0.407 e. The molecule has 0 saturated heterocycles. The number of rotatable bonds is 4. The molecule has 0 spiro atoms. The Hall–Kier alpha value is -2.41. The van der Waals surface area contributed by atoms with Crippen LogP contribution in [0.2, 0.25) is 0 Å². The normalized spacial score (nSPS) is 11.2. The third kappa shape index (κ3) is 4.57. The second-order valence-electron chi connectivity index (χ2n) is 4.15. The Labute approximate surface area is 125 Å². The van der Waals surface area contributed by atoms with Gasteiger partial charge >= 0.3 is 6.09 Å². The summed E-state index contributed by atoms with van der Waals surface area (Å²) in [6, 6.07) is 9.90. The maximum Gasteiger partial charge on any atom is 0.407 e. The van der Waals surface area contributed by atoms with Crippen molar-refractivity contribution in [1.29, 1.82) is 0 Å². The highest BCUT2D eigenvalue weighted by Gasteiger charge is 2.04. The van der Waals surface area contributed by atoms with E-state index in [0.29, 0.717) is 11.3 Å². The van der Waals surface area contributed by atoms with Crippen LogP contribution in [0.4, 0.5) is 4.79 Å². The Bertz CT molecular complexity index is 676. The summed E-state index contributed by atoms with van der Waals surface area (Å²) in [5, 5.41) is 4.17. The number of ether oxygens (including phenoxy) is 1. The van der Waals surface area contributed by atoms with E-state index in [0.717, 1.165) is 5.56 Å². The summed E-state index contributed by atoms with van der Waals surface area (Å²) in [6.07, 6.45) is 1.22. The van der Waals surface area contributed by atoms with E-state index in [-0.39, 0.29) is 6.54 Å². The van der Waals surface area contributed by atoms with Crippen molar-refractivity contribution in [2.24, 2.45) is 4.99 Å². The van der Waals surface area contributed by atoms with Crippen LogP contribution < -0.4 is 10.1 Å². The van der Waals surface area contributed by atoms with Crippen LogP contribution in [0.15, 0.2) is 46.9 Å². The van der Waals surface area contributed by atoms with Crippen molar-refractivity contribution >= 4 is 23.3 Å². The Morgan fingerprint density at radius 2 is 2.10 bits per heavy atom. The van der Waals surface area contributed by atoms with Crippen molar-refractivity contribution < 1.29 is 14.3 Å². The van der Waals surface area contributed by atoms with E-state index in [9.17, 15) is 9.59 Å². The number of nitrogens with zero attached hydrogens (tertiary/aromatic N) is 2. The first kappa shape index (κ1) is 15.0. The fraction of sp³-hybridized carbons (Fsp3) is 0.214. The average Bonchev–Trinajstić information content (AvgIpc) is 2.93. The fourth-order valence-electron chi connectivity index (χ4n) is 1.65. The summed E-state index contributed by atoms with van der Waals surface area (Å²) in [4.78, 5) is 27.2. The van der Waals surface area contributed by atoms with Crippen molar-refractivity contribution in [3.8, 4) is 0 Å². The van der Waals surface area contributed by atoms with Gasteiger partial charge in [0.2, 0.25) is 0 Å². The maximum atomic E-state index is 11.7. The highest BCUT2D eigenvalue weighted by molar-refractivity contribution is 7.07. The molecule has 0 aliphatic heterocycles. The quantitative estimate of drug-likeness (QED) is 0.927. The third-order valence-corrected chi connectivity index (χ3v) is 3.44. The first-order valence-electron chi connectivity index (χ1n) is 6.26. The van der Waals surface area contributed by atoms with E-state index in [1.54, 1.807) is 0 Å². The molecule has 0 radical (unpaired) electrons. The SMILES string of the molecule is COC(=O)NCC(=O)N=c1sccn1Cc1ccccc1. The van der Waals surface area contributed by atoms with Gasteiger partial charge in [-0.2, -0.15) is 4.99 Å². The zero-order chi connectivity index (χ0) is 15.1. The van der Waals surface area contributed by atoms with E-state index >= 15 is 0 Å². The van der Waals surface area contributed by atoms with Gasteiger partial charge in [0.1, 0.15) is 6.54 Å². The second-order valence-corrected chi connectivity index (χ2v) is 5.02. The molecule has 110 valence electrons. The van der Waals surface area contributed by atoms with Crippen LogP contribution in [-0.2, 0) is 16.1 Å². The van der Waals surface area contributed by atoms with E-state index < -0.39 is 12.0 Å². The highest BCUT2D eigenvalue weighted by Crippen LogP contribution is 2.01. The predicted octanol–water partition coefficient (Wildman–Crippen LogP) is 1.38. The van der Waals surface area contributed by atoms with Gasteiger partial charge in [0.15, 0.2) is 4.80 Å². The van der Waals surface area contributed by atoms with Gasteiger partial charge in [-0.1, -0.05) is 30.3 Å². The lowest BCUT2D eigenvalue weighted by Crippen LogP contribution is -2.29. The molecule has 0 atom stereocenters. The number of carbonyl (C=O) groups is 2. The number of nitrogens with one attached hydrogen (secondary N) is 1. The second kappa shape index (κ2) is 7.39. The number of carbonyl (C=O) groups excluding carboxylic acids is 2. The average molecular weight is 305 g/mol. The van der Waals surface area contributed by atoms with E-state index in [4.69, 9.17) is 0 Å². The number of alkyl carbamates (subject to hydrolysis) is 1. The largest absolute Gasteiger partial charge is 0.453 e. The highest BCUT2D eigenvalue weighted by atomic mass is 32.1. The Kier molecular flexibility index (Phi) is 5.28. The van der Waals surface area contributed by atoms with Gasteiger partial charge in [-0.15, -0.1) is 11.3 Å². The molecule has 0 bridgehead atoms. The maximum absolute atomic E-state index is 11.7. The van der Waals surface area contributed by atoms with Crippen LogP contribution in [-0.4, -0.2) is 30.2 Å². The molecule has 1 N–H and O–H groups in total. The molecular weight excluding hydrogens is 290 g/mol. The topological polar surface area (TPSA) is 72.7 Å².